The normalized spacial score (nSPS) is 14.3. The molecule has 6 rings (SSSR count). The number of aromatic nitrogens is 4. The molecule has 0 saturated heterocycles. The van der Waals surface area contributed by atoms with Gasteiger partial charge >= 0.3 is 0 Å². The monoisotopic (exact) mass is 516 g/mol. The zero-order valence-electron chi connectivity index (χ0n) is 22.6. The van der Waals surface area contributed by atoms with Gasteiger partial charge in [-0.1, -0.05) is 74.6 Å². The Balaban J connectivity index is 1.32. The van der Waals surface area contributed by atoms with Crippen molar-refractivity contribution in [2.45, 2.75) is 45.1 Å². The van der Waals surface area contributed by atoms with E-state index >= 15 is 0 Å². The van der Waals surface area contributed by atoms with Gasteiger partial charge < -0.3 is 10.6 Å². The zero-order valence-corrected chi connectivity index (χ0v) is 22.6. The highest BCUT2D eigenvalue weighted by molar-refractivity contribution is 5.84. The fourth-order valence-corrected chi connectivity index (χ4v) is 5.78. The standard InChI is InChI=1S/C33H36N6/c1-38(22-20-24-9-4-2-5-10-24)23-25-14-16-27(17-15-25)39-32(28-13-8-21-35-31(28)34)37-30-19-18-29(36-33(30)39)26-11-6-3-7-12-26/h3,6-8,11-19,21,24H,2,4-5,9-10,20,22-23H2,1H3,(H2,34,35). The van der Waals surface area contributed by atoms with Crippen molar-refractivity contribution in [3.05, 3.63) is 90.6 Å². The minimum atomic E-state index is 0.452. The lowest BCUT2D eigenvalue weighted by Gasteiger charge is -2.24. The van der Waals surface area contributed by atoms with Gasteiger partial charge in [0.05, 0.1) is 11.3 Å². The highest BCUT2D eigenvalue weighted by Crippen LogP contribution is 2.32. The number of benzene rings is 2. The molecule has 39 heavy (non-hydrogen) atoms. The van der Waals surface area contributed by atoms with E-state index in [0.717, 1.165) is 58.5 Å². The second-order valence-electron chi connectivity index (χ2n) is 10.8. The molecule has 0 amide bonds. The molecule has 0 unspecified atom stereocenters. The number of hydrogen-bond donors (Lipinski definition) is 1. The molecular weight excluding hydrogens is 480 g/mol. The molecule has 1 aliphatic carbocycles. The molecule has 0 bridgehead atoms. The lowest BCUT2D eigenvalue weighted by Crippen LogP contribution is -2.22. The fourth-order valence-electron chi connectivity index (χ4n) is 5.78. The summed E-state index contributed by atoms with van der Waals surface area (Å²) in [6.07, 6.45) is 10.1. The van der Waals surface area contributed by atoms with Gasteiger partial charge in [0, 0.05) is 24.0 Å². The van der Waals surface area contributed by atoms with Crippen LogP contribution >= 0.6 is 0 Å². The second kappa shape index (κ2) is 11.4. The van der Waals surface area contributed by atoms with Crippen LogP contribution in [0.3, 0.4) is 0 Å². The van der Waals surface area contributed by atoms with Crippen LogP contribution in [0, 0.1) is 5.92 Å². The Labute approximate surface area is 230 Å². The van der Waals surface area contributed by atoms with Gasteiger partial charge in [-0.25, -0.2) is 15.0 Å². The minimum Gasteiger partial charge on any atom is -0.383 e. The van der Waals surface area contributed by atoms with Gasteiger partial charge in [-0.05, 0) is 67.9 Å². The van der Waals surface area contributed by atoms with Crippen molar-refractivity contribution in [1.82, 2.24) is 24.4 Å². The van der Waals surface area contributed by atoms with E-state index in [1.807, 2.05) is 42.5 Å². The molecule has 5 aromatic rings. The second-order valence-corrected chi connectivity index (χ2v) is 10.8. The molecule has 3 heterocycles. The van der Waals surface area contributed by atoms with Crippen LogP contribution in [0.4, 0.5) is 5.82 Å². The number of pyridine rings is 2. The third-order valence-electron chi connectivity index (χ3n) is 7.94. The first-order valence-electron chi connectivity index (χ1n) is 14.1. The van der Waals surface area contributed by atoms with Crippen molar-refractivity contribution in [3.8, 4) is 28.3 Å². The number of rotatable bonds is 8. The van der Waals surface area contributed by atoms with Gasteiger partial charge in [0.25, 0.3) is 0 Å². The van der Waals surface area contributed by atoms with Gasteiger partial charge in [0.1, 0.15) is 11.3 Å². The third kappa shape index (κ3) is 5.57. The molecule has 0 radical (unpaired) electrons. The molecule has 6 nitrogen and oxygen atoms in total. The lowest BCUT2D eigenvalue weighted by atomic mass is 9.87. The largest absolute Gasteiger partial charge is 0.383 e. The predicted octanol–water partition coefficient (Wildman–Crippen LogP) is 7.13. The summed E-state index contributed by atoms with van der Waals surface area (Å²) < 4.78 is 2.10. The van der Waals surface area contributed by atoms with Crippen LogP contribution in [-0.2, 0) is 6.54 Å². The number of fused-ring (bicyclic) bond motifs is 1. The smallest absolute Gasteiger partial charge is 0.165 e. The van der Waals surface area contributed by atoms with Crippen LogP contribution in [0.2, 0.25) is 0 Å². The van der Waals surface area contributed by atoms with Crippen molar-refractivity contribution >= 4 is 17.0 Å². The summed E-state index contributed by atoms with van der Waals surface area (Å²) in [4.78, 5) is 16.8. The van der Waals surface area contributed by atoms with Crippen molar-refractivity contribution in [3.63, 3.8) is 0 Å². The van der Waals surface area contributed by atoms with E-state index in [0.29, 0.717) is 5.82 Å². The molecule has 1 fully saturated rings. The number of nitrogen functional groups attached to an aromatic ring is 1. The minimum absolute atomic E-state index is 0.452. The van der Waals surface area contributed by atoms with Crippen LogP contribution in [-0.4, -0.2) is 38.0 Å². The number of nitrogens with zero attached hydrogens (tertiary/aromatic N) is 5. The molecule has 3 aromatic heterocycles. The summed E-state index contributed by atoms with van der Waals surface area (Å²) in [6, 6.07) is 26.9. The predicted molar refractivity (Wildman–Crippen MR) is 159 cm³/mol. The Morgan fingerprint density at radius 3 is 2.44 bits per heavy atom. The van der Waals surface area contributed by atoms with Crippen molar-refractivity contribution < 1.29 is 0 Å². The van der Waals surface area contributed by atoms with Gasteiger partial charge in [0.15, 0.2) is 11.5 Å². The number of anilines is 1. The number of hydrogen-bond acceptors (Lipinski definition) is 5. The summed E-state index contributed by atoms with van der Waals surface area (Å²) in [7, 11) is 2.23. The molecule has 0 spiro atoms. The van der Waals surface area contributed by atoms with E-state index in [9.17, 15) is 0 Å². The first-order valence-corrected chi connectivity index (χ1v) is 14.1. The molecule has 1 aliphatic rings. The Morgan fingerprint density at radius 1 is 0.872 bits per heavy atom. The average molecular weight is 517 g/mol. The molecule has 2 aromatic carbocycles. The number of imidazole rings is 1. The first-order chi connectivity index (χ1) is 19.2. The maximum absolute atomic E-state index is 6.31. The maximum Gasteiger partial charge on any atom is 0.165 e. The Hall–Kier alpha value is -4.03. The molecule has 2 N–H and O–H groups in total. The highest BCUT2D eigenvalue weighted by atomic mass is 15.1. The van der Waals surface area contributed by atoms with Gasteiger partial charge in [-0.15, -0.1) is 0 Å². The molecule has 198 valence electrons. The van der Waals surface area contributed by atoms with E-state index in [-0.39, 0.29) is 0 Å². The lowest BCUT2D eigenvalue weighted by molar-refractivity contribution is 0.260. The van der Waals surface area contributed by atoms with Crippen molar-refractivity contribution in [2.24, 2.45) is 5.92 Å². The summed E-state index contributed by atoms with van der Waals surface area (Å²) in [6.45, 7) is 2.09. The van der Waals surface area contributed by atoms with Crippen LogP contribution in [0.1, 0.15) is 44.1 Å². The molecular formula is C33H36N6. The zero-order chi connectivity index (χ0) is 26.6. The Kier molecular flexibility index (Phi) is 7.37. The Bertz CT molecular complexity index is 1530. The quantitative estimate of drug-likeness (QED) is 0.237. The van der Waals surface area contributed by atoms with E-state index in [1.165, 1.54) is 44.1 Å². The first kappa shape index (κ1) is 25.3. The third-order valence-corrected chi connectivity index (χ3v) is 7.94. The van der Waals surface area contributed by atoms with E-state index in [2.05, 4.69) is 57.9 Å². The highest BCUT2D eigenvalue weighted by Gasteiger charge is 2.19. The van der Waals surface area contributed by atoms with Gasteiger partial charge in [0.2, 0.25) is 0 Å². The summed E-state index contributed by atoms with van der Waals surface area (Å²) >= 11 is 0. The molecule has 0 aliphatic heterocycles. The topological polar surface area (TPSA) is 72.9 Å². The van der Waals surface area contributed by atoms with Crippen LogP contribution < -0.4 is 5.73 Å². The van der Waals surface area contributed by atoms with Crippen molar-refractivity contribution in [1.29, 1.82) is 0 Å². The number of nitrogens with two attached hydrogens (primary N) is 1. The van der Waals surface area contributed by atoms with Crippen molar-refractivity contribution in [2.75, 3.05) is 19.3 Å². The molecule has 6 heteroatoms. The van der Waals surface area contributed by atoms with Crippen LogP contribution in [0.25, 0.3) is 39.5 Å². The fraction of sp³-hybridized carbons (Fsp3) is 0.303. The SMILES string of the molecule is CN(CCC1CCCCC1)Cc1ccc(-n2c(-c3cccnc3N)nc3ccc(-c4ccccc4)nc32)cc1. The summed E-state index contributed by atoms with van der Waals surface area (Å²) in [5.74, 6) is 2.10. The Morgan fingerprint density at radius 2 is 1.67 bits per heavy atom. The summed E-state index contributed by atoms with van der Waals surface area (Å²) in [5.41, 5.74) is 13.0. The maximum atomic E-state index is 6.31. The van der Waals surface area contributed by atoms with E-state index < -0.39 is 0 Å². The van der Waals surface area contributed by atoms with Gasteiger partial charge in [-0.3, -0.25) is 4.57 Å². The van der Waals surface area contributed by atoms with Crippen LogP contribution in [0.5, 0.6) is 0 Å². The average Bonchev–Trinajstić information content (AvgIpc) is 3.36. The van der Waals surface area contributed by atoms with Gasteiger partial charge in [-0.2, -0.15) is 0 Å². The van der Waals surface area contributed by atoms with E-state index in [4.69, 9.17) is 15.7 Å². The molecule has 0 atom stereocenters. The van der Waals surface area contributed by atoms with Crippen LogP contribution in [0.15, 0.2) is 85.1 Å². The molecule has 1 saturated carbocycles. The summed E-state index contributed by atoms with van der Waals surface area (Å²) in [5, 5.41) is 0. The van der Waals surface area contributed by atoms with E-state index in [1.54, 1.807) is 6.20 Å².